The Morgan fingerprint density at radius 2 is 2.20 bits per heavy atom. The first-order valence-electron chi connectivity index (χ1n) is 11.1. The summed E-state index contributed by atoms with van der Waals surface area (Å²) in [7, 11) is 1.42. The molecule has 162 valence electrons. The first kappa shape index (κ1) is 22.4. The molecule has 0 spiro atoms. The molecule has 0 saturated heterocycles. The van der Waals surface area contributed by atoms with Gasteiger partial charge >= 0.3 is 5.97 Å². The molecule has 6 atom stereocenters. The Kier molecular flexibility index (Phi) is 7.61. The van der Waals surface area contributed by atoms with Gasteiger partial charge in [0.15, 0.2) is 0 Å². The number of fused-ring (bicyclic) bond motifs is 3. The number of aliphatic hydroxyl groups is 1. The summed E-state index contributed by atoms with van der Waals surface area (Å²) in [4.78, 5) is 11.4. The second-order valence-corrected chi connectivity index (χ2v) is 8.68. The van der Waals surface area contributed by atoms with E-state index in [1.807, 2.05) is 6.92 Å². The van der Waals surface area contributed by atoms with Crippen LogP contribution >= 0.6 is 0 Å². The van der Waals surface area contributed by atoms with E-state index in [2.05, 4.69) is 56.0 Å². The fourth-order valence-corrected chi connectivity index (χ4v) is 4.63. The van der Waals surface area contributed by atoms with Crippen LogP contribution in [0.1, 0.15) is 63.5 Å². The number of aryl methyl sites for hydroxylation is 1. The van der Waals surface area contributed by atoms with Crippen molar-refractivity contribution in [2.24, 2.45) is 17.8 Å². The second-order valence-electron chi connectivity index (χ2n) is 8.68. The monoisotopic (exact) mass is 410 g/mol. The van der Waals surface area contributed by atoms with Gasteiger partial charge in [0.05, 0.1) is 13.2 Å². The number of allylic oxidation sites excluding steroid dienone is 1. The molecule has 4 nitrogen and oxygen atoms in total. The Balaban J connectivity index is 1.73. The highest BCUT2D eigenvalue weighted by Crippen LogP contribution is 2.52. The maximum Gasteiger partial charge on any atom is 0.305 e. The summed E-state index contributed by atoms with van der Waals surface area (Å²) in [6, 6.07) is 6.28. The maximum absolute atomic E-state index is 11.4. The summed E-state index contributed by atoms with van der Waals surface area (Å²) in [6.07, 6.45) is 7.57. The molecule has 0 aromatic heterocycles. The lowest BCUT2D eigenvalue weighted by Crippen LogP contribution is -2.17. The van der Waals surface area contributed by atoms with E-state index < -0.39 is 0 Å². The predicted molar refractivity (Wildman–Crippen MR) is 118 cm³/mol. The van der Waals surface area contributed by atoms with Gasteiger partial charge in [-0.25, -0.2) is 0 Å². The van der Waals surface area contributed by atoms with Gasteiger partial charge in [-0.15, -0.1) is 11.8 Å². The van der Waals surface area contributed by atoms with Gasteiger partial charge in [0, 0.05) is 36.7 Å². The fraction of sp³-hybridized carbons (Fsp3) is 0.577. The number of rotatable bonds is 8. The number of hydrogen-bond acceptors (Lipinski definition) is 4. The molecule has 30 heavy (non-hydrogen) atoms. The van der Waals surface area contributed by atoms with Crippen molar-refractivity contribution in [1.29, 1.82) is 0 Å². The normalized spacial score (nSPS) is 26.3. The summed E-state index contributed by atoms with van der Waals surface area (Å²) in [5, 5.41) is 10.7. The second kappa shape index (κ2) is 10.2. The van der Waals surface area contributed by atoms with Gasteiger partial charge in [0.25, 0.3) is 0 Å². The maximum atomic E-state index is 11.4. The van der Waals surface area contributed by atoms with Crippen LogP contribution < -0.4 is 4.74 Å². The van der Waals surface area contributed by atoms with Crippen LogP contribution in [0.4, 0.5) is 0 Å². The molecular formula is C26H34O4. The first-order valence-corrected chi connectivity index (χ1v) is 11.1. The Hall–Kier alpha value is -2.25. The highest BCUT2D eigenvalue weighted by molar-refractivity contribution is 5.69. The van der Waals surface area contributed by atoms with Crippen LogP contribution in [0.3, 0.4) is 0 Å². The lowest BCUT2D eigenvalue weighted by atomic mass is 9.85. The van der Waals surface area contributed by atoms with Gasteiger partial charge in [-0.3, -0.25) is 4.79 Å². The zero-order valence-electron chi connectivity index (χ0n) is 18.6. The minimum Gasteiger partial charge on any atom is -0.489 e. The van der Waals surface area contributed by atoms with Crippen molar-refractivity contribution in [2.75, 3.05) is 7.11 Å². The largest absolute Gasteiger partial charge is 0.489 e. The van der Waals surface area contributed by atoms with Crippen molar-refractivity contribution in [1.82, 2.24) is 0 Å². The third-order valence-corrected chi connectivity index (χ3v) is 6.68. The average molecular weight is 411 g/mol. The van der Waals surface area contributed by atoms with Gasteiger partial charge < -0.3 is 14.6 Å². The molecule has 4 heteroatoms. The Morgan fingerprint density at radius 3 is 2.93 bits per heavy atom. The van der Waals surface area contributed by atoms with Crippen molar-refractivity contribution in [3.8, 4) is 17.6 Å². The lowest BCUT2D eigenvalue weighted by molar-refractivity contribution is -0.140. The molecule has 1 fully saturated rings. The van der Waals surface area contributed by atoms with E-state index in [4.69, 9.17) is 9.47 Å². The minimum absolute atomic E-state index is 0.0186. The molecule has 1 saturated carbocycles. The number of esters is 1. The minimum atomic E-state index is -0.384. The molecule has 2 unspecified atom stereocenters. The average Bonchev–Trinajstić information content (AvgIpc) is 3.25. The van der Waals surface area contributed by atoms with Crippen molar-refractivity contribution >= 4 is 5.97 Å². The highest BCUT2D eigenvalue weighted by Gasteiger charge is 2.48. The highest BCUT2D eigenvalue weighted by atomic mass is 16.5. The number of aliphatic hydroxyl groups excluding tert-OH is 1. The Labute approximate surface area is 180 Å². The summed E-state index contributed by atoms with van der Waals surface area (Å²) >= 11 is 0. The van der Waals surface area contributed by atoms with Crippen molar-refractivity contribution in [3.63, 3.8) is 0 Å². The molecular weight excluding hydrogens is 376 g/mol. The Morgan fingerprint density at radius 1 is 1.40 bits per heavy atom. The molecule has 1 aromatic rings. The number of hydrogen-bond donors (Lipinski definition) is 1. The van der Waals surface area contributed by atoms with Crippen molar-refractivity contribution < 1.29 is 19.4 Å². The molecule has 1 aromatic carbocycles. The molecule has 3 rings (SSSR count). The van der Waals surface area contributed by atoms with Gasteiger partial charge in [-0.1, -0.05) is 44.2 Å². The van der Waals surface area contributed by atoms with E-state index in [9.17, 15) is 9.90 Å². The summed E-state index contributed by atoms with van der Waals surface area (Å²) < 4.78 is 11.1. The van der Waals surface area contributed by atoms with Gasteiger partial charge in [0.2, 0.25) is 0 Å². The fourth-order valence-electron chi connectivity index (χ4n) is 4.63. The molecule has 0 amide bonds. The zero-order chi connectivity index (χ0) is 21.7. The van der Waals surface area contributed by atoms with Crippen LogP contribution in [-0.4, -0.2) is 30.4 Å². The number of carbonyl (C=O) groups excluding carboxylic acids is 1. The molecule has 1 aliphatic carbocycles. The van der Waals surface area contributed by atoms with E-state index >= 15 is 0 Å². The summed E-state index contributed by atoms with van der Waals surface area (Å²) in [5.74, 6) is 8.06. The molecule has 2 aliphatic rings. The van der Waals surface area contributed by atoms with E-state index in [0.29, 0.717) is 24.7 Å². The van der Waals surface area contributed by atoms with Crippen molar-refractivity contribution in [3.05, 3.63) is 41.5 Å². The summed E-state index contributed by atoms with van der Waals surface area (Å²) in [5.41, 5.74) is 2.34. The van der Waals surface area contributed by atoms with E-state index in [0.717, 1.165) is 30.6 Å². The SMILES string of the molecule is CC#CCC(C)[C@H](C)/C=C/C1[C@H](O)C[C@@H]2Oc3c(CCCC(=O)OC)cccc3[C@H]12. The van der Waals surface area contributed by atoms with E-state index in [1.54, 1.807) is 0 Å². The van der Waals surface area contributed by atoms with Gasteiger partial charge in [-0.05, 0) is 37.2 Å². The van der Waals surface area contributed by atoms with Crippen LogP contribution in [0.2, 0.25) is 0 Å². The molecule has 0 radical (unpaired) electrons. The number of para-hydroxylation sites is 1. The third kappa shape index (κ3) is 4.90. The Bertz CT molecular complexity index is 831. The number of benzene rings is 1. The lowest BCUT2D eigenvalue weighted by Gasteiger charge is -2.19. The van der Waals surface area contributed by atoms with Crippen LogP contribution in [0, 0.1) is 29.6 Å². The van der Waals surface area contributed by atoms with Crippen LogP contribution in [0.5, 0.6) is 5.75 Å². The first-order chi connectivity index (χ1) is 14.5. The molecule has 1 aliphatic heterocycles. The van der Waals surface area contributed by atoms with Gasteiger partial charge in [0.1, 0.15) is 11.9 Å². The standard InChI is InChI=1S/C26H34O4/c1-5-6-9-17(2)18(3)14-15-20-22(27)16-23-25(20)21-12-7-10-19(26(21)30-23)11-8-13-24(28)29-4/h7,10,12,14-15,17-18,20,22-23,25,27H,8-9,11,13,16H2,1-4H3/b15-14+/t17?,18-,20?,22-,23+,25+/m1/s1. The molecule has 0 bridgehead atoms. The van der Waals surface area contributed by atoms with Crippen LogP contribution in [0.25, 0.3) is 0 Å². The molecule has 1 heterocycles. The third-order valence-electron chi connectivity index (χ3n) is 6.68. The predicted octanol–water partition coefficient (Wildman–Crippen LogP) is 4.65. The van der Waals surface area contributed by atoms with Gasteiger partial charge in [-0.2, -0.15) is 0 Å². The van der Waals surface area contributed by atoms with E-state index in [1.165, 1.54) is 12.7 Å². The quantitative estimate of drug-likeness (QED) is 0.385. The topological polar surface area (TPSA) is 55.8 Å². The van der Waals surface area contributed by atoms with Crippen LogP contribution in [0.15, 0.2) is 30.4 Å². The zero-order valence-corrected chi connectivity index (χ0v) is 18.6. The van der Waals surface area contributed by atoms with Crippen molar-refractivity contribution in [2.45, 2.75) is 71.0 Å². The molecule has 1 N–H and O–H groups in total. The van der Waals surface area contributed by atoms with Crippen LogP contribution in [-0.2, 0) is 16.0 Å². The smallest absolute Gasteiger partial charge is 0.305 e. The summed E-state index contributed by atoms with van der Waals surface area (Å²) in [6.45, 7) is 6.32. The van der Waals surface area contributed by atoms with E-state index in [-0.39, 0.29) is 30.0 Å². The number of methoxy groups -OCH3 is 1. The number of carbonyl (C=O) groups is 1. The number of ether oxygens (including phenoxy) is 2.